The number of carbonyl (C=O) groups is 1. The van der Waals surface area contributed by atoms with Crippen LogP contribution in [-0.4, -0.2) is 67.2 Å². The molecule has 0 radical (unpaired) electrons. The van der Waals surface area contributed by atoms with Gasteiger partial charge in [0.2, 0.25) is 0 Å². The molecule has 6 nitrogen and oxygen atoms in total. The van der Waals surface area contributed by atoms with Crippen molar-refractivity contribution >= 4 is 33.2 Å². The van der Waals surface area contributed by atoms with Crippen LogP contribution in [0.15, 0.2) is 18.2 Å². The minimum atomic E-state index is -0.0201. The fraction of sp³-hybridized carbons (Fsp3) is 0.600. The molecule has 2 bridgehead atoms. The van der Waals surface area contributed by atoms with E-state index >= 15 is 0 Å². The van der Waals surface area contributed by atoms with Gasteiger partial charge in [0.05, 0.1) is 16.5 Å². The first kappa shape index (κ1) is 17.4. The molecule has 4 saturated heterocycles. The number of aromatic nitrogens is 1. The summed E-state index contributed by atoms with van der Waals surface area (Å²) in [5, 5.41) is 4.25. The number of hydrogen-bond donors (Lipinski definition) is 1. The van der Waals surface area contributed by atoms with Gasteiger partial charge in [0.1, 0.15) is 5.69 Å². The molecule has 0 unspecified atom stereocenters. The molecule has 0 aliphatic carbocycles. The molecule has 4 aliphatic rings. The highest BCUT2D eigenvalue weighted by atomic mass is 32.1. The van der Waals surface area contributed by atoms with E-state index in [1.54, 1.807) is 7.11 Å². The summed E-state index contributed by atoms with van der Waals surface area (Å²) in [5.74, 6) is 0.600. The molecule has 7 heteroatoms. The van der Waals surface area contributed by atoms with Crippen LogP contribution in [0.4, 0.5) is 5.69 Å². The largest absolute Gasteiger partial charge is 0.380 e. The van der Waals surface area contributed by atoms with Crippen molar-refractivity contribution < 1.29 is 9.53 Å². The molecule has 1 amide bonds. The molecule has 1 aromatic carbocycles. The summed E-state index contributed by atoms with van der Waals surface area (Å²) in [6.07, 6.45) is 3.72. The maximum absolute atomic E-state index is 13.0. The molecule has 0 saturated carbocycles. The van der Waals surface area contributed by atoms with Crippen molar-refractivity contribution in [1.82, 2.24) is 14.6 Å². The highest BCUT2D eigenvalue weighted by molar-refractivity contribution is 7.14. The van der Waals surface area contributed by atoms with Crippen molar-refractivity contribution in [2.24, 2.45) is 5.92 Å². The number of nitrogens with one attached hydrogen (secondary N) is 1. The summed E-state index contributed by atoms with van der Waals surface area (Å²) in [6.45, 7) is 5.22. The average molecular weight is 387 g/mol. The van der Waals surface area contributed by atoms with Gasteiger partial charge in [0, 0.05) is 38.2 Å². The Hall–Kier alpha value is -1.70. The van der Waals surface area contributed by atoms with Gasteiger partial charge in [-0.2, -0.15) is 4.37 Å². The minimum Gasteiger partial charge on any atom is -0.380 e. The Balaban J connectivity index is 1.38. The molecule has 27 heavy (non-hydrogen) atoms. The number of hydrogen-bond acceptors (Lipinski definition) is 6. The molecular weight excluding hydrogens is 360 g/mol. The van der Waals surface area contributed by atoms with Crippen LogP contribution in [0.3, 0.4) is 0 Å². The Labute approximate surface area is 163 Å². The van der Waals surface area contributed by atoms with Gasteiger partial charge in [-0.15, -0.1) is 0 Å². The van der Waals surface area contributed by atoms with Gasteiger partial charge in [-0.1, -0.05) is 12.1 Å². The van der Waals surface area contributed by atoms with Gasteiger partial charge in [-0.3, -0.25) is 4.79 Å². The number of piperidine rings is 3. The van der Waals surface area contributed by atoms with Gasteiger partial charge < -0.3 is 19.9 Å². The number of fused-ring (bicyclic) bond motifs is 4. The molecule has 1 aromatic heterocycles. The Kier molecular flexibility index (Phi) is 4.53. The molecule has 4 fully saturated rings. The summed E-state index contributed by atoms with van der Waals surface area (Å²) < 4.78 is 11.2. The van der Waals surface area contributed by atoms with E-state index in [9.17, 15) is 4.79 Å². The lowest BCUT2D eigenvalue weighted by Crippen LogP contribution is -2.57. The number of anilines is 1. The van der Waals surface area contributed by atoms with Crippen molar-refractivity contribution in [3.63, 3.8) is 0 Å². The van der Waals surface area contributed by atoms with Crippen LogP contribution in [-0.2, 0) is 4.74 Å². The first-order valence-corrected chi connectivity index (χ1v) is 10.7. The second kappa shape index (κ2) is 7.04. The third kappa shape index (κ3) is 3.11. The number of carbonyl (C=O) groups excluding carboxylic acids is 1. The molecule has 5 heterocycles. The maximum atomic E-state index is 13.0. The third-order valence-electron chi connectivity index (χ3n) is 6.48. The molecular formula is C20H26N4O2S. The van der Waals surface area contributed by atoms with E-state index in [4.69, 9.17) is 4.74 Å². The second-order valence-electron chi connectivity index (χ2n) is 8.00. The smallest absolute Gasteiger partial charge is 0.271 e. The number of benzene rings is 1. The number of amides is 1. The van der Waals surface area contributed by atoms with Crippen LogP contribution in [0.5, 0.6) is 0 Å². The molecule has 1 N–H and O–H groups in total. The van der Waals surface area contributed by atoms with E-state index in [0.29, 0.717) is 11.6 Å². The standard InChI is InChI=1S/C20H26N4O2S/c1-26-14-7-10-24(11-14)17-4-2-3-15-18(22-27-19(15)17)20(25)21-16-12-23-8-5-13(16)6-9-23/h2-4,13-14,16H,5-12H2,1H3,(H,21,25)/t14-,16+/m1/s1. The van der Waals surface area contributed by atoms with Crippen LogP contribution >= 0.6 is 11.5 Å². The maximum Gasteiger partial charge on any atom is 0.271 e. The van der Waals surface area contributed by atoms with Gasteiger partial charge in [-0.05, 0) is 55.9 Å². The lowest BCUT2D eigenvalue weighted by atomic mass is 9.84. The summed E-state index contributed by atoms with van der Waals surface area (Å²) in [7, 11) is 1.78. The minimum absolute atomic E-state index is 0.0201. The van der Waals surface area contributed by atoms with Gasteiger partial charge in [0.25, 0.3) is 5.91 Å². The van der Waals surface area contributed by atoms with Crippen molar-refractivity contribution in [2.75, 3.05) is 44.7 Å². The highest BCUT2D eigenvalue weighted by Gasteiger charge is 2.35. The van der Waals surface area contributed by atoms with Gasteiger partial charge >= 0.3 is 0 Å². The van der Waals surface area contributed by atoms with E-state index in [-0.39, 0.29) is 18.1 Å². The van der Waals surface area contributed by atoms with E-state index in [1.165, 1.54) is 43.2 Å². The summed E-state index contributed by atoms with van der Waals surface area (Å²) >= 11 is 1.44. The van der Waals surface area contributed by atoms with E-state index in [2.05, 4.69) is 25.6 Å². The Bertz CT molecular complexity index is 846. The normalized spacial score (nSPS) is 30.2. The van der Waals surface area contributed by atoms with Crippen LogP contribution in [0.1, 0.15) is 29.8 Å². The van der Waals surface area contributed by atoms with Gasteiger partial charge in [0.15, 0.2) is 0 Å². The zero-order chi connectivity index (χ0) is 18.4. The average Bonchev–Trinajstić information content (AvgIpc) is 3.36. The van der Waals surface area contributed by atoms with Crippen LogP contribution in [0.25, 0.3) is 10.1 Å². The molecule has 4 aliphatic heterocycles. The van der Waals surface area contributed by atoms with Crippen molar-refractivity contribution in [3.8, 4) is 0 Å². The summed E-state index contributed by atoms with van der Waals surface area (Å²) in [6, 6.07) is 6.46. The fourth-order valence-corrected chi connectivity index (χ4v) is 5.78. The third-order valence-corrected chi connectivity index (χ3v) is 7.37. The Morgan fingerprint density at radius 3 is 2.78 bits per heavy atom. The lowest BCUT2D eigenvalue weighted by molar-refractivity contribution is 0.0619. The SMILES string of the molecule is CO[C@@H]1CCN(c2cccc3c(C(=O)N[C@H]4CN5CCC4CC5)nsc23)C1. The lowest BCUT2D eigenvalue weighted by Gasteiger charge is -2.44. The van der Waals surface area contributed by atoms with E-state index in [0.717, 1.165) is 36.1 Å². The first-order valence-electron chi connectivity index (χ1n) is 9.92. The van der Waals surface area contributed by atoms with Crippen LogP contribution < -0.4 is 10.2 Å². The number of ether oxygens (including phenoxy) is 1. The Morgan fingerprint density at radius 1 is 1.22 bits per heavy atom. The Morgan fingerprint density at radius 2 is 2.07 bits per heavy atom. The van der Waals surface area contributed by atoms with Crippen LogP contribution in [0.2, 0.25) is 0 Å². The van der Waals surface area contributed by atoms with E-state index < -0.39 is 0 Å². The molecule has 6 rings (SSSR count). The predicted octanol–water partition coefficient (Wildman–Crippen LogP) is 2.35. The van der Waals surface area contributed by atoms with Crippen molar-refractivity contribution in [2.45, 2.75) is 31.4 Å². The molecule has 2 atom stereocenters. The van der Waals surface area contributed by atoms with Crippen molar-refractivity contribution in [3.05, 3.63) is 23.9 Å². The zero-order valence-corrected chi connectivity index (χ0v) is 16.5. The fourth-order valence-electron chi connectivity index (χ4n) is 4.87. The predicted molar refractivity (Wildman–Crippen MR) is 108 cm³/mol. The van der Waals surface area contributed by atoms with Crippen LogP contribution in [0, 0.1) is 5.92 Å². The molecule has 2 aromatic rings. The second-order valence-corrected chi connectivity index (χ2v) is 8.77. The topological polar surface area (TPSA) is 57.7 Å². The van der Waals surface area contributed by atoms with Crippen molar-refractivity contribution in [1.29, 1.82) is 0 Å². The summed E-state index contributed by atoms with van der Waals surface area (Å²) in [5.41, 5.74) is 1.75. The molecule has 144 valence electrons. The first-order chi connectivity index (χ1) is 13.2. The highest BCUT2D eigenvalue weighted by Crippen LogP contribution is 2.35. The number of methoxy groups -OCH3 is 1. The van der Waals surface area contributed by atoms with Gasteiger partial charge in [-0.25, -0.2) is 0 Å². The number of rotatable bonds is 4. The molecule has 0 spiro atoms. The zero-order valence-electron chi connectivity index (χ0n) is 15.7. The van der Waals surface area contributed by atoms with E-state index in [1.807, 2.05) is 12.1 Å². The quantitative estimate of drug-likeness (QED) is 0.874. The monoisotopic (exact) mass is 386 g/mol. The summed E-state index contributed by atoms with van der Waals surface area (Å²) in [4.78, 5) is 17.8. The number of nitrogens with zero attached hydrogens (tertiary/aromatic N) is 3.